The van der Waals surface area contributed by atoms with Gasteiger partial charge in [-0.15, -0.1) is 0 Å². The Bertz CT molecular complexity index is 1150. The Kier molecular flexibility index (Phi) is 5.86. The van der Waals surface area contributed by atoms with E-state index in [1.165, 1.54) is 7.11 Å². The van der Waals surface area contributed by atoms with Crippen LogP contribution in [0.4, 0.5) is 5.69 Å². The van der Waals surface area contributed by atoms with Crippen molar-refractivity contribution in [3.8, 4) is 11.5 Å². The molecule has 6 heteroatoms. The van der Waals surface area contributed by atoms with E-state index in [1.807, 2.05) is 24.3 Å². The first-order valence-electron chi connectivity index (χ1n) is 10.4. The van der Waals surface area contributed by atoms with Crippen molar-refractivity contribution in [2.24, 2.45) is 0 Å². The van der Waals surface area contributed by atoms with E-state index in [4.69, 9.17) is 14.2 Å². The number of rotatable bonds is 6. The number of nitrogens with one attached hydrogen (secondary N) is 1. The van der Waals surface area contributed by atoms with Crippen molar-refractivity contribution in [1.82, 2.24) is 0 Å². The summed E-state index contributed by atoms with van der Waals surface area (Å²) in [4.78, 5) is 24.5. The monoisotopic (exact) mass is 431 g/mol. The third-order valence-electron chi connectivity index (χ3n) is 5.25. The van der Waals surface area contributed by atoms with E-state index in [0.717, 1.165) is 23.3 Å². The van der Waals surface area contributed by atoms with Gasteiger partial charge in [0.1, 0.15) is 12.2 Å². The Morgan fingerprint density at radius 3 is 2.50 bits per heavy atom. The number of amides is 1. The Labute approximate surface area is 187 Å². The molecule has 0 aliphatic carbocycles. The minimum absolute atomic E-state index is 0.233. The molecule has 1 amide bonds. The molecule has 1 heterocycles. The van der Waals surface area contributed by atoms with Gasteiger partial charge in [0.15, 0.2) is 11.5 Å². The highest BCUT2D eigenvalue weighted by atomic mass is 16.5. The highest BCUT2D eigenvalue weighted by Crippen LogP contribution is 2.41. The van der Waals surface area contributed by atoms with E-state index in [2.05, 4.69) is 25.2 Å². The second-order valence-corrected chi connectivity index (χ2v) is 8.26. The molecule has 1 aliphatic heterocycles. The fraction of sp³-hybridized carbons (Fsp3) is 0.231. The molecule has 0 saturated heterocycles. The predicted octanol–water partition coefficient (Wildman–Crippen LogP) is 5.02. The third-order valence-corrected chi connectivity index (χ3v) is 5.25. The molecule has 6 nitrogen and oxygen atoms in total. The van der Waals surface area contributed by atoms with Gasteiger partial charge in [-0.25, -0.2) is 4.79 Å². The minimum atomic E-state index is -0.506. The summed E-state index contributed by atoms with van der Waals surface area (Å²) in [5, 5.41) is 2.77. The van der Waals surface area contributed by atoms with Crippen LogP contribution in [0.15, 0.2) is 66.7 Å². The van der Waals surface area contributed by atoms with Gasteiger partial charge in [0.05, 0.1) is 18.4 Å². The van der Waals surface area contributed by atoms with Crippen LogP contribution in [0.2, 0.25) is 0 Å². The van der Waals surface area contributed by atoms with Crippen molar-refractivity contribution in [3.63, 3.8) is 0 Å². The Hall–Kier alpha value is -3.80. The molecule has 1 aliphatic rings. The molecule has 0 unspecified atom stereocenters. The molecule has 0 radical (unpaired) electrons. The van der Waals surface area contributed by atoms with Crippen molar-refractivity contribution < 1.29 is 23.8 Å². The lowest BCUT2D eigenvalue weighted by molar-refractivity contribution is 0.0602. The number of methoxy groups -OCH3 is 1. The fourth-order valence-corrected chi connectivity index (χ4v) is 3.69. The largest absolute Gasteiger partial charge is 0.485 e. The van der Waals surface area contributed by atoms with E-state index < -0.39 is 5.97 Å². The van der Waals surface area contributed by atoms with Gasteiger partial charge in [-0.05, 0) is 49.7 Å². The molecule has 0 saturated carbocycles. The summed E-state index contributed by atoms with van der Waals surface area (Å²) in [5.41, 5.74) is 3.01. The van der Waals surface area contributed by atoms with Crippen molar-refractivity contribution in [2.45, 2.75) is 32.5 Å². The highest BCUT2D eigenvalue weighted by Gasteiger charge is 2.32. The number of hydrogen-bond donors (Lipinski definition) is 1. The number of benzene rings is 3. The lowest BCUT2D eigenvalue weighted by Crippen LogP contribution is -2.24. The number of hydrogen-bond acceptors (Lipinski definition) is 5. The molecule has 1 N–H and O–H groups in total. The van der Waals surface area contributed by atoms with Crippen LogP contribution in [0.3, 0.4) is 0 Å². The SMILES string of the molecule is COC(=O)c1ccccc1NC(=O)c1ccc(COc2cccc3c2OC(C)(C)C3)cc1. The van der Waals surface area contributed by atoms with E-state index in [0.29, 0.717) is 29.2 Å². The first-order chi connectivity index (χ1) is 15.4. The molecule has 3 aromatic rings. The number of fused-ring (bicyclic) bond motifs is 1. The van der Waals surface area contributed by atoms with Gasteiger partial charge < -0.3 is 19.5 Å². The number of carbonyl (C=O) groups is 2. The maximum atomic E-state index is 12.6. The Morgan fingerprint density at radius 1 is 1.00 bits per heavy atom. The van der Waals surface area contributed by atoms with E-state index >= 15 is 0 Å². The summed E-state index contributed by atoms with van der Waals surface area (Å²) in [7, 11) is 1.30. The second-order valence-electron chi connectivity index (χ2n) is 8.26. The van der Waals surface area contributed by atoms with Crippen LogP contribution in [0.25, 0.3) is 0 Å². The van der Waals surface area contributed by atoms with Gasteiger partial charge in [0.25, 0.3) is 5.91 Å². The van der Waals surface area contributed by atoms with Crippen molar-refractivity contribution in [3.05, 3.63) is 89.0 Å². The minimum Gasteiger partial charge on any atom is -0.485 e. The van der Waals surface area contributed by atoms with Gasteiger partial charge >= 0.3 is 5.97 Å². The fourth-order valence-electron chi connectivity index (χ4n) is 3.69. The van der Waals surface area contributed by atoms with Crippen LogP contribution in [-0.4, -0.2) is 24.6 Å². The molecule has 0 spiro atoms. The number of carbonyl (C=O) groups excluding carboxylic acids is 2. The van der Waals surface area contributed by atoms with Crippen LogP contribution in [0.5, 0.6) is 11.5 Å². The molecule has 0 aromatic heterocycles. The molecule has 4 rings (SSSR count). The first-order valence-corrected chi connectivity index (χ1v) is 10.4. The lowest BCUT2D eigenvalue weighted by atomic mass is 10.0. The normalized spacial score (nSPS) is 13.6. The van der Waals surface area contributed by atoms with Crippen LogP contribution in [0, 0.1) is 0 Å². The molecular weight excluding hydrogens is 406 g/mol. The summed E-state index contributed by atoms with van der Waals surface area (Å²) in [6.45, 7) is 4.47. The molecule has 164 valence electrons. The quantitative estimate of drug-likeness (QED) is 0.555. The van der Waals surface area contributed by atoms with Crippen LogP contribution < -0.4 is 14.8 Å². The van der Waals surface area contributed by atoms with E-state index in [-0.39, 0.29) is 11.5 Å². The second kappa shape index (κ2) is 8.75. The zero-order valence-electron chi connectivity index (χ0n) is 18.3. The number of ether oxygens (including phenoxy) is 3. The summed E-state index contributed by atoms with van der Waals surface area (Å²) >= 11 is 0. The summed E-state index contributed by atoms with van der Waals surface area (Å²) in [6.07, 6.45) is 0.850. The van der Waals surface area contributed by atoms with Crippen LogP contribution in [0.1, 0.15) is 45.7 Å². The Morgan fingerprint density at radius 2 is 1.75 bits per heavy atom. The van der Waals surface area contributed by atoms with Crippen molar-refractivity contribution >= 4 is 17.6 Å². The average Bonchev–Trinajstić information content (AvgIpc) is 3.12. The van der Waals surface area contributed by atoms with Crippen LogP contribution in [-0.2, 0) is 17.8 Å². The van der Waals surface area contributed by atoms with E-state index in [1.54, 1.807) is 36.4 Å². The summed E-state index contributed by atoms with van der Waals surface area (Å²) < 4.78 is 16.8. The number of esters is 1. The highest BCUT2D eigenvalue weighted by molar-refractivity contribution is 6.08. The smallest absolute Gasteiger partial charge is 0.339 e. The predicted molar refractivity (Wildman–Crippen MR) is 121 cm³/mol. The molecule has 32 heavy (non-hydrogen) atoms. The number of para-hydroxylation sites is 2. The number of anilines is 1. The van der Waals surface area contributed by atoms with Crippen molar-refractivity contribution in [1.29, 1.82) is 0 Å². The Balaban J connectivity index is 1.41. The van der Waals surface area contributed by atoms with Gasteiger partial charge in [-0.2, -0.15) is 0 Å². The first kappa shape index (κ1) is 21.4. The molecular formula is C26H25NO5. The van der Waals surface area contributed by atoms with Gasteiger partial charge in [-0.3, -0.25) is 4.79 Å². The third kappa shape index (κ3) is 4.59. The van der Waals surface area contributed by atoms with Gasteiger partial charge in [0.2, 0.25) is 0 Å². The zero-order valence-corrected chi connectivity index (χ0v) is 18.3. The molecule has 0 atom stereocenters. The zero-order chi connectivity index (χ0) is 22.7. The maximum Gasteiger partial charge on any atom is 0.339 e. The molecule has 3 aromatic carbocycles. The summed E-state index contributed by atoms with van der Waals surface area (Å²) in [5.74, 6) is 0.700. The topological polar surface area (TPSA) is 73.9 Å². The summed E-state index contributed by atoms with van der Waals surface area (Å²) in [6, 6.07) is 19.8. The average molecular weight is 431 g/mol. The standard InChI is InChI=1S/C26H25NO5/c1-26(2)15-19-7-6-10-22(23(19)32-26)31-16-17-11-13-18(14-12-17)24(28)27-21-9-5-4-8-20(21)25(29)30-3/h4-14H,15-16H2,1-3H3,(H,27,28). The van der Waals surface area contributed by atoms with Gasteiger partial charge in [0, 0.05) is 17.5 Å². The van der Waals surface area contributed by atoms with Crippen molar-refractivity contribution in [2.75, 3.05) is 12.4 Å². The van der Waals surface area contributed by atoms with Crippen LogP contribution >= 0.6 is 0 Å². The molecule has 0 fully saturated rings. The lowest BCUT2D eigenvalue weighted by Gasteiger charge is -2.18. The van der Waals surface area contributed by atoms with E-state index in [9.17, 15) is 9.59 Å². The van der Waals surface area contributed by atoms with Gasteiger partial charge in [-0.1, -0.05) is 36.4 Å². The molecule has 0 bridgehead atoms. The maximum absolute atomic E-state index is 12.6.